The number of nitriles is 1. The molecule has 0 N–H and O–H groups in total. The number of imide groups is 1. The highest BCUT2D eigenvalue weighted by molar-refractivity contribution is 6.04. The zero-order chi connectivity index (χ0) is 23.7. The fraction of sp³-hybridized carbons (Fsp3) is 0.375. The Kier molecular flexibility index (Phi) is 6.01. The first-order valence-corrected chi connectivity index (χ1v) is 10.9. The third-order valence-electron chi connectivity index (χ3n) is 6.11. The summed E-state index contributed by atoms with van der Waals surface area (Å²) in [6.07, 6.45) is 1.85. The Hall–Kier alpha value is -3.93. The van der Waals surface area contributed by atoms with Gasteiger partial charge >= 0.3 is 6.03 Å². The van der Waals surface area contributed by atoms with Gasteiger partial charge in [-0.25, -0.2) is 9.78 Å². The molecule has 33 heavy (non-hydrogen) atoms. The van der Waals surface area contributed by atoms with Crippen LogP contribution >= 0.6 is 0 Å². The van der Waals surface area contributed by atoms with E-state index in [2.05, 4.69) is 22.0 Å². The van der Waals surface area contributed by atoms with Gasteiger partial charge in [0.1, 0.15) is 11.9 Å². The number of pyridine rings is 1. The summed E-state index contributed by atoms with van der Waals surface area (Å²) in [5, 5.41) is 9.68. The summed E-state index contributed by atoms with van der Waals surface area (Å²) >= 11 is 0. The first kappa shape index (κ1) is 22.3. The van der Waals surface area contributed by atoms with Crippen molar-refractivity contribution < 1.29 is 14.4 Å². The molecule has 1 aromatic heterocycles. The summed E-state index contributed by atoms with van der Waals surface area (Å²) < 4.78 is 0. The zero-order valence-electron chi connectivity index (χ0n) is 19.0. The number of hydrogen-bond acceptors (Lipinski definition) is 6. The molecule has 2 aliphatic rings. The number of aryl methyl sites for hydroxylation is 2. The average molecular weight is 447 g/mol. The number of hydrogen-bond donors (Lipinski definition) is 0. The lowest BCUT2D eigenvalue weighted by atomic mass is 10.0. The standard InChI is InChI=1S/C24H26N6O3/c1-16-12-17(2)22(26-15-16)27-6-8-28(9-7-27)23(32)21-5-4-20(13-19(21)14-25)30-11-10-29(18(3)31)24(30)33/h4-5,12-13,15H,6-11H2,1-3H3. The van der Waals surface area contributed by atoms with Gasteiger partial charge in [0.15, 0.2) is 0 Å². The Morgan fingerprint density at radius 1 is 1.03 bits per heavy atom. The number of carbonyl (C=O) groups is 3. The van der Waals surface area contributed by atoms with E-state index in [9.17, 15) is 19.6 Å². The van der Waals surface area contributed by atoms with Crippen LogP contribution in [0, 0.1) is 25.2 Å². The minimum atomic E-state index is -0.415. The highest BCUT2D eigenvalue weighted by Gasteiger charge is 2.33. The molecule has 0 unspecified atom stereocenters. The van der Waals surface area contributed by atoms with Crippen LogP contribution in [0.4, 0.5) is 16.3 Å². The molecule has 2 fully saturated rings. The lowest BCUT2D eigenvalue weighted by Crippen LogP contribution is -2.49. The number of amides is 4. The van der Waals surface area contributed by atoms with Gasteiger partial charge in [-0.05, 0) is 43.2 Å². The number of urea groups is 1. The smallest absolute Gasteiger partial charge is 0.331 e. The first-order valence-electron chi connectivity index (χ1n) is 10.9. The van der Waals surface area contributed by atoms with Gasteiger partial charge in [0.25, 0.3) is 5.91 Å². The van der Waals surface area contributed by atoms with Gasteiger partial charge in [0.05, 0.1) is 11.1 Å². The molecule has 0 atom stereocenters. The van der Waals surface area contributed by atoms with E-state index < -0.39 is 6.03 Å². The quantitative estimate of drug-likeness (QED) is 0.717. The van der Waals surface area contributed by atoms with Crippen molar-refractivity contribution in [2.45, 2.75) is 20.8 Å². The number of anilines is 2. The Balaban J connectivity index is 1.47. The van der Waals surface area contributed by atoms with E-state index in [4.69, 9.17) is 0 Å². The average Bonchev–Trinajstić information content (AvgIpc) is 3.20. The summed E-state index contributed by atoms with van der Waals surface area (Å²) in [4.78, 5) is 48.3. The number of rotatable bonds is 3. The molecular formula is C24H26N6O3. The lowest BCUT2D eigenvalue weighted by Gasteiger charge is -2.36. The van der Waals surface area contributed by atoms with Crippen molar-refractivity contribution in [3.63, 3.8) is 0 Å². The summed E-state index contributed by atoms with van der Waals surface area (Å²) in [7, 11) is 0. The Morgan fingerprint density at radius 2 is 1.76 bits per heavy atom. The van der Waals surface area contributed by atoms with Gasteiger partial charge in [0.2, 0.25) is 5.91 Å². The molecule has 0 bridgehead atoms. The van der Waals surface area contributed by atoms with Crippen LogP contribution < -0.4 is 9.80 Å². The van der Waals surface area contributed by atoms with Gasteiger partial charge in [0, 0.05) is 58.1 Å². The van der Waals surface area contributed by atoms with E-state index >= 15 is 0 Å². The second kappa shape index (κ2) is 8.90. The van der Waals surface area contributed by atoms with Crippen LogP contribution in [-0.4, -0.2) is 71.9 Å². The molecular weight excluding hydrogens is 420 g/mol. The Bertz CT molecular complexity index is 1160. The van der Waals surface area contributed by atoms with E-state index in [1.807, 2.05) is 20.0 Å². The van der Waals surface area contributed by atoms with Crippen LogP contribution in [0.3, 0.4) is 0 Å². The molecule has 0 radical (unpaired) electrons. The molecule has 0 spiro atoms. The molecule has 2 aromatic rings. The fourth-order valence-corrected chi connectivity index (χ4v) is 4.38. The molecule has 4 amide bonds. The summed E-state index contributed by atoms with van der Waals surface area (Å²) in [6.45, 7) is 8.42. The number of carbonyl (C=O) groups excluding carboxylic acids is 3. The van der Waals surface area contributed by atoms with E-state index in [-0.39, 0.29) is 17.4 Å². The van der Waals surface area contributed by atoms with Crippen molar-refractivity contribution in [2.24, 2.45) is 0 Å². The monoisotopic (exact) mass is 446 g/mol. The van der Waals surface area contributed by atoms with Crippen molar-refractivity contribution in [3.05, 3.63) is 52.7 Å². The number of piperazine rings is 1. The molecule has 0 aliphatic carbocycles. The van der Waals surface area contributed by atoms with E-state index in [0.717, 1.165) is 21.8 Å². The summed E-state index contributed by atoms with van der Waals surface area (Å²) in [6, 6.07) is 8.57. The maximum absolute atomic E-state index is 13.2. The number of aromatic nitrogens is 1. The van der Waals surface area contributed by atoms with Crippen molar-refractivity contribution in [2.75, 3.05) is 49.1 Å². The SMILES string of the molecule is CC(=O)N1CCN(c2ccc(C(=O)N3CCN(c4ncc(C)cc4C)CC3)c(C#N)c2)C1=O. The minimum absolute atomic E-state index is 0.204. The fourth-order valence-electron chi connectivity index (χ4n) is 4.38. The van der Waals surface area contributed by atoms with Crippen molar-refractivity contribution >= 4 is 29.4 Å². The van der Waals surface area contributed by atoms with Crippen LogP contribution in [0.15, 0.2) is 30.5 Å². The van der Waals surface area contributed by atoms with Gasteiger partial charge in [-0.3, -0.25) is 19.4 Å². The molecule has 9 nitrogen and oxygen atoms in total. The predicted molar refractivity (Wildman–Crippen MR) is 123 cm³/mol. The third kappa shape index (κ3) is 4.24. The molecule has 170 valence electrons. The van der Waals surface area contributed by atoms with E-state index in [1.165, 1.54) is 11.8 Å². The van der Waals surface area contributed by atoms with Gasteiger partial charge in [-0.1, -0.05) is 6.07 Å². The highest BCUT2D eigenvalue weighted by Crippen LogP contribution is 2.25. The summed E-state index contributed by atoms with van der Waals surface area (Å²) in [5.74, 6) is 0.416. The third-order valence-corrected chi connectivity index (χ3v) is 6.11. The van der Waals surface area contributed by atoms with Crippen molar-refractivity contribution in [1.29, 1.82) is 5.26 Å². The Labute approximate surface area is 192 Å². The zero-order valence-corrected chi connectivity index (χ0v) is 19.0. The van der Waals surface area contributed by atoms with Crippen molar-refractivity contribution in [1.82, 2.24) is 14.8 Å². The Morgan fingerprint density at radius 3 is 2.36 bits per heavy atom. The maximum atomic E-state index is 13.2. The molecule has 1 aromatic carbocycles. The highest BCUT2D eigenvalue weighted by atomic mass is 16.2. The van der Waals surface area contributed by atoms with Gasteiger partial charge < -0.3 is 9.80 Å². The number of nitrogens with zero attached hydrogens (tertiary/aromatic N) is 6. The predicted octanol–water partition coefficient (Wildman–Crippen LogP) is 2.32. The maximum Gasteiger partial charge on any atom is 0.331 e. The minimum Gasteiger partial charge on any atom is -0.353 e. The normalized spacial score (nSPS) is 16.2. The van der Waals surface area contributed by atoms with Crippen LogP contribution in [0.1, 0.15) is 34.0 Å². The molecule has 2 aliphatic heterocycles. The molecule has 2 saturated heterocycles. The second-order valence-corrected chi connectivity index (χ2v) is 8.38. The van der Waals surface area contributed by atoms with Crippen LogP contribution in [-0.2, 0) is 4.79 Å². The second-order valence-electron chi connectivity index (χ2n) is 8.38. The molecule has 3 heterocycles. The first-order chi connectivity index (χ1) is 15.8. The van der Waals surface area contributed by atoms with Crippen LogP contribution in [0.5, 0.6) is 0 Å². The van der Waals surface area contributed by atoms with E-state index in [1.54, 1.807) is 23.1 Å². The number of benzene rings is 1. The van der Waals surface area contributed by atoms with Crippen molar-refractivity contribution in [3.8, 4) is 6.07 Å². The molecule has 9 heteroatoms. The van der Waals surface area contributed by atoms with Crippen LogP contribution in [0.25, 0.3) is 0 Å². The van der Waals surface area contributed by atoms with Gasteiger partial charge in [-0.2, -0.15) is 5.26 Å². The van der Waals surface area contributed by atoms with Crippen LogP contribution in [0.2, 0.25) is 0 Å². The molecule has 0 saturated carbocycles. The topological polar surface area (TPSA) is 101 Å². The summed E-state index contributed by atoms with van der Waals surface area (Å²) in [5.41, 5.74) is 3.25. The largest absolute Gasteiger partial charge is 0.353 e. The van der Waals surface area contributed by atoms with E-state index in [0.29, 0.717) is 50.5 Å². The van der Waals surface area contributed by atoms with Gasteiger partial charge in [-0.15, -0.1) is 0 Å². The molecule has 4 rings (SSSR count). The lowest BCUT2D eigenvalue weighted by molar-refractivity contribution is -0.125.